The van der Waals surface area contributed by atoms with Crippen LogP contribution >= 0.6 is 0 Å². The van der Waals surface area contributed by atoms with Gasteiger partial charge in [-0.1, -0.05) is 41.5 Å². The predicted octanol–water partition coefficient (Wildman–Crippen LogP) is 6.52. The van der Waals surface area contributed by atoms with Gasteiger partial charge in [-0.25, -0.2) is 0 Å². The third-order valence-electron chi connectivity index (χ3n) is 5.29. The first-order chi connectivity index (χ1) is 14.1. The molecule has 0 aliphatic heterocycles. The van der Waals surface area contributed by atoms with E-state index in [0.29, 0.717) is 23.1 Å². The lowest BCUT2D eigenvalue weighted by Gasteiger charge is -2.17. The lowest BCUT2D eigenvalue weighted by molar-refractivity contribution is -0.115. The van der Waals surface area contributed by atoms with Crippen molar-refractivity contribution in [3.63, 3.8) is 0 Å². The summed E-state index contributed by atoms with van der Waals surface area (Å²) in [6.07, 6.45) is 14.6. The zero-order chi connectivity index (χ0) is 22.7. The maximum Gasteiger partial charge on any atom is 0.185 e. The van der Waals surface area contributed by atoms with Crippen LogP contribution in [0.25, 0.3) is 0 Å². The molecule has 3 heteroatoms. The molecule has 1 aliphatic rings. The molecule has 0 amide bonds. The number of hydrogen-bond acceptors (Lipinski definition) is 3. The molecule has 1 aliphatic carbocycles. The molecule has 3 nitrogen and oxygen atoms in total. The van der Waals surface area contributed by atoms with Crippen molar-refractivity contribution in [3.8, 4) is 0 Å². The van der Waals surface area contributed by atoms with Crippen molar-refractivity contribution in [2.75, 3.05) is 0 Å². The van der Waals surface area contributed by atoms with Crippen LogP contribution in [-0.2, 0) is 9.59 Å². The summed E-state index contributed by atoms with van der Waals surface area (Å²) in [6, 6.07) is 0. The van der Waals surface area contributed by atoms with E-state index in [0.717, 1.165) is 32.1 Å². The van der Waals surface area contributed by atoms with Crippen LogP contribution in [0, 0.1) is 0 Å². The fourth-order valence-electron chi connectivity index (χ4n) is 3.32. The number of aliphatic hydroxyl groups excluding tert-OH is 1. The summed E-state index contributed by atoms with van der Waals surface area (Å²) < 4.78 is 0. The summed E-state index contributed by atoms with van der Waals surface area (Å²) in [4.78, 5) is 23.7. The first-order valence-electron chi connectivity index (χ1n) is 10.9. The average molecular weight is 411 g/mol. The molecule has 30 heavy (non-hydrogen) atoms. The van der Waals surface area contributed by atoms with Gasteiger partial charge in [0.1, 0.15) is 0 Å². The summed E-state index contributed by atoms with van der Waals surface area (Å²) in [5, 5.41) is 10.4. The molecule has 0 aromatic carbocycles. The number of allylic oxidation sites excluding steroid dienone is 9. The molecule has 0 aromatic heterocycles. The lowest BCUT2D eigenvalue weighted by Crippen LogP contribution is -2.19. The van der Waals surface area contributed by atoms with Crippen molar-refractivity contribution in [1.82, 2.24) is 0 Å². The van der Waals surface area contributed by atoms with Gasteiger partial charge in [-0.3, -0.25) is 9.59 Å². The largest absolute Gasteiger partial charge is 0.388 e. The number of carbonyl (C=O) groups excluding carboxylic acids is 2. The zero-order valence-electron chi connectivity index (χ0n) is 19.4. The Hall–Kier alpha value is -2.26. The molecule has 0 aromatic rings. The van der Waals surface area contributed by atoms with E-state index < -0.39 is 6.10 Å². The molecule has 0 saturated heterocycles. The van der Waals surface area contributed by atoms with Gasteiger partial charge in [-0.05, 0) is 90.9 Å². The van der Waals surface area contributed by atoms with Crippen LogP contribution in [-0.4, -0.2) is 22.8 Å². The lowest BCUT2D eigenvalue weighted by atomic mass is 9.90. The van der Waals surface area contributed by atoms with Gasteiger partial charge in [-0.2, -0.15) is 0 Å². The Labute approximate surface area is 182 Å². The minimum Gasteiger partial charge on any atom is -0.388 e. The SMILES string of the molecule is C=C(CC/C=C(\C)CC/C=C(\C)CCC=C(C)C)C(O)CC1=CC(=O)C=C(C)C1=O. The molecule has 1 rings (SSSR count). The summed E-state index contributed by atoms with van der Waals surface area (Å²) in [7, 11) is 0. The smallest absolute Gasteiger partial charge is 0.185 e. The van der Waals surface area contributed by atoms with Gasteiger partial charge in [0.2, 0.25) is 0 Å². The van der Waals surface area contributed by atoms with Crippen LogP contribution in [0.4, 0.5) is 0 Å². The first-order valence-corrected chi connectivity index (χ1v) is 10.9. The van der Waals surface area contributed by atoms with Crippen LogP contribution in [0.5, 0.6) is 0 Å². The van der Waals surface area contributed by atoms with E-state index in [-0.39, 0.29) is 18.0 Å². The van der Waals surface area contributed by atoms with Gasteiger partial charge in [0.05, 0.1) is 6.10 Å². The van der Waals surface area contributed by atoms with Crippen molar-refractivity contribution >= 4 is 11.6 Å². The summed E-state index contributed by atoms with van der Waals surface area (Å²) in [5.41, 5.74) is 5.63. The first kappa shape index (κ1) is 25.8. The van der Waals surface area contributed by atoms with Crippen LogP contribution in [0.2, 0.25) is 0 Å². The Morgan fingerprint density at radius 2 is 1.47 bits per heavy atom. The summed E-state index contributed by atoms with van der Waals surface area (Å²) >= 11 is 0. The van der Waals surface area contributed by atoms with Crippen molar-refractivity contribution in [2.24, 2.45) is 0 Å². The molecule has 1 unspecified atom stereocenters. The average Bonchev–Trinajstić information content (AvgIpc) is 2.65. The highest BCUT2D eigenvalue weighted by Crippen LogP contribution is 2.22. The third kappa shape index (κ3) is 9.98. The van der Waals surface area contributed by atoms with E-state index in [9.17, 15) is 14.7 Å². The minimum absolute atomic E-state index is 0.147. The van der Waals surface area contributed by atoms with E-state index in [1.807, 2.05) is 0 Å². The van der Waals surface area contributed by atoms with Crippen molar-refractivity contribution in [2.45, 2.75) is 85.7 Å². The van der Waals surface area contributed by atoms with Gasteiger partial charge in [0.15, 0.2) is 11.6 Å². The summed E-state index contributed by atoms with van der Waals surface area (Å²) in [6.45, 7) is 14.2. The van der Waals surface area contributed by atoms with Crippen LogP contribution in [0.1, 0.15) is 79.6 Å². The Morgan fingerprint density at radius 3 is 2.03 bits per heavy atom. The van der Waals surface area contributed by atoms with Gasteiger partial charge < -0.3 is 5.11 Å². The number of rotatable bonds is 12. The minimum atomic E-state index is -0.806. The quantitative estimate of drug-likeness (QED) is 0.294. The second kappa shape index (κ2) is 13.1. The molecule has 0 heterocycles. The molecule has 0 spiro atoms. The number of carbonyl (C=O) groups is 2. The van der Waals surface area contributed by atoms with Gasteiger partial charge in [-0.15, -0.1) is 0 Å². The molecule has 0 radical (unpaired) electrons. The molecule has 0 bridgehead atoms. The highest BCUT2D eigenvalue weighted by atomic mass is 16.3. The van der Waals surface area contributed by atoms with E-state index in [4.69, 9.17) is 0 Å². The summed E-state index contributed by atoms with van der Waals surface area (Å²) in [5.74, 6) is -0.360. The van der Waals surface area contributed by atoms with E-state index in [1.54, 1.807) is 6.92 Å². The highest BCUT2D eigenvalue weighted by molar-refractivity contribution is 6.20. The predicted molar refractivity (Wildman–Crippen MR) is 126 cm³/mol. The standard InChI is InChI=1S/C27H38O3/c1-19(2)10-7-11-20(3)12-8-13-21(4)14-9-15-22(5)26(29)18-24-17-25(28)16-23(6)27(24)30/h10,12,14,16-17,26,29H,5,7-9,11,13,15,18H2,1-4,6H3/b20-12+,21-14+. The Balaban J connectivity index is 2.38. The monoisotopic (exact) mass is 410 g/mol. The van der Waals surface area contributed by atoms with Crippen LogP contribution < -0.4 is 0 Å². The highest BCUT2D eigenvalue weighted by Gasteiger charge is 2.21. The normalized spacial score (nSPS) is 16.2. The van der Waals surface area contributed by atoms with Crippen molar-refractivity contribution in [1.29, 1.82) is 0 Å². The van der Waals surface area contributed by atoms with Crippen LogP contribution in [0.15, 0.2) is 70.4 Å². The second-order valence-corrected chi connectivity index (χ2v) is 8.61. The third-order valence-corrected chi connectivity index (χ3v) is 5.29. The van der Waals surface area contributed by atoms with E-state index in [2.05, 4.69) is 52.5 Å². The van der Waals surface area contributed by atoms with Crippen molar-refractivity contribution < 1.29 is 14.7 Å². The van der Waals surface area contributed by atoms with E-state index >= 15 is 0 Å². The molecular weight excluding hydrogens is 372 g/mol. The molecular formula is C27H38O3. The zero-order valence-corrected chi connectivity index (χ0v) is 19.4. The van der Waals surface area contributed by atoms with Gasteiger partial charge in [0.25, 0.3) is 0 Å². The number of aliphatic hydroxyl groups is 1. The Bertz CT molecular complexity index is 796. The Morgan fingerprint density at radius 1 is 0.933 bits per heavy atom. The topological polar surface area (TPSA) is 54.4 Å². The molecule has 0 fully saturated rings. The molecule has 1 atom stereocenters. The molecule has 164 valence electrons. The maximum atomic E-state index is 12.1. The number of hydrogen-bond donors (Lipinski definition) is 1. The van der Waals surface area contributed by atoms with Crippen LogP contribution in [0.3, 0.4) is 0 Å². The second-order valence-electron chi connectivity index (χ2n) is 8.61. The molecule has 1 N–H and O–H groups in total. The Kier molecular flexibility index (Phi) is 11.3. The maximum absolute atomic E-state index is 12.1. The molecule has 0 saturated carbocycles. The fraction of sp³-hybridized carbons (Fsp3) is 0.481. The number of ketones is 2. The van der Waals surface area contributed by atoms with E-state index in [1.165, 1.54) is 28.9 Å². The van der Waals surface area contributed by atoms with Gasteiger partial charge in [0, 0.05) is 17.6 Å². The fourth-order valence-corrected chi connectivity index (χ4v) is 3.32. The van der Waals surface area contributed by atoms with Crippen molar-refractivity contribution in [3.05, 3.63) is 70.4 Å². The number of Topliss-reactive ketones (excluding diaryl/α,β-unsaturated/α-hetero) is 1. The van der Waals surface area contributed by atoms with Gasteiger partial charge >= 0.3 is 0 Å².